The Morgan fingerprint density at radius 2 is 1.81 bits per heavy atom. The second-order valence-corrected chi connectivity index (χ2v) is 4.69. The molecule has 90 valence electrons. The molecular weight excluding hydrogens is 206 g/mol. The number of amides is 2. The number of nitrogens with zero attached hydrogens (tertiary/aromatic N) is 1. The van der Waals surface area contributed by atoms with Gasteiger partial charge in [0, 0.05) is 25.6 Å². The van der Waals surface area contributed by atoms with Crippen molar-refractivity contribution in [1.82, 2.24) is 10.2 Å². The average molecular weight is 225 g/mol. The molecule has 0 aromatic carbocycles. The average Bonchev–Trinajstić information content (AvgIpc) is 2.81. The number of carbonyl (C=O) groups is 2. The maximum Gasteiger partial charge on any atom is 0.227 e. The zero-order valence-corrected chi connectivity index (χ0v) is 9.45. The predicted molar refractivity (Wildman–Crippen MR) is 59.5 cm³/mol. The second-order valence-electron chi connectivity index (χ2n) is 4.69. The highest BCUT2D eigenvalue weighted by Gasteiger charge is 2.31. The molecule has 2 rings (SSSR count). The van der Waals surface area contributed by atoms with Crippen LogP contribution in [0.4, 0.5) is 0 Å². The van der Waals surface area contributed by atoms with Gasteiger partial charge >= 0.3 is 0 Å². The van der Waals surface area contributed by atoms with Crippen molar-refractivity contribution in [1.29, 1.82) is 0 Å². The Morgan fingerprint density at radius 3 is 2.31 bits per heavy atom. The monoisotopic (exact) mass is 225 g/mol. The summed E-state index contributed by atoms with van der Waals surface area (Å²) in [5, 5.41) is 3.20. The van der Waals surface area contributed by atoms with E-state index < -0.39 is 0 Å². The maximum absolute atomic E-state index is 12.0. The fourth-order valence-corrected chi connectivity index (χ4v) is 2.51. The first kappa shape index (κ1) is 11.4. The van der Waals surface area contributed by atoms with Crippen LogP contribution in [0.2, 0.25) is 0 Å². The Labute approximate surface area is 95.3 Å². The Hall–Kier alpha value is -1.10. The molecule has 2 heterocycles. The van der Waals surface area contributed by atoms with E-state index in [1.165, 1.54) is 0 Å². The molecule has 0 saturated carbocycles. The van der Waals surface area contributed by atoms with Crippen molar-refractivity contribution in [3.05, 3.63) is 0 Å². The van der Waals surface area contributed by atoms with Crippen molar-refractivity contribution in [3.63, 3.8) is 0 Å². The molecule has 5 nitrogen and oxygen atoms in total. The lowest BCUT2D eigenvalue weighted by molar-refractivity contribution is -0.138. The van der Waals surface area contributed by atoms with Crippen LogP contribution in [0.5, 0.6) is 0 Å². The zero-order chi connectivity index (χ0) is 11.5. The van der Waals surface area contributed by atoms with Crippen LogP contribution in [0.25, 0.3) is 0 Å². The van der Waals surface area contributed by atoms with Gasteiger partial charge in [0.05, 0.1) is 5.92 Å². The van der Waals surface area contributed by atoms with Gasteiger partial charge in [0.2, 0.25) is 11.8 Å². The molecular formula is C11H19N3O2. The molecule has 2 aliphatic heterocycles. The smallest absolute Gasteiger partial charge is 0.227 e. The molecule has 0 aromatic heterocycles. The molecule has 16 heavy (non-hydrogen) atoms. The lowest BCUT2D eigenvalue weighted by Crippen LogP contribution is -2.44. The lowest BCUT2D eigenvalue weighted by atomic mass is 9.95. The van der Waals surface area contributed by atoms with Crippen LogP contribution in [-0.2, 0) is 9.59 Å². The van der Waals surface area contributed by atoms with Crippen LogP contribution in [0.15, 0.2) is 0 Å². The number of piperidine rings is 1. The number of hydrogen-bond donors (Lipinski definition) is 2. The molecule has 1 atom stereocenters. The first-order chi connectivity index (χ1) is 7.68. The minimum absolute atomic E-state index is 0.0363. The standard InChI is InChI=1S/C11H19N3O2/c12-10(15)8-2-5-14(6-3-8)11(16)9-1-4-13-7-9/h8-9,13H,1-7H2,(H2,12,15). The molecule has 0 aliphatic carbocycles. The van der Waals surface area contributed by atoms with Crippen molar-refractivity contribution in [2.24, 2.45) is 17.6 Å². The van der Waals surface area contributed by atoms with Crippen LogP contribution >= 0.6 is 0 Å². The summed E-state index contributed by atoms with van der Waals surface area (Å²) < 4.78 is 0. The third-order valence-electron chi connectivity index (χ3n) is 3.62. The van der Waals surface area contributed by atoms with Crippen LogP contribution in [0, 0.1) is 11.8 Å². The highest BCUT2D eigenvalue weighted by atomic mass is 16.2. The minimum atomic E-state index is -0.227. The largest absolute Gasteiger partial charge is 0.369 e. The summed E-state index contributed by atoms with van der Waals surface area (Å²) in [5.74, 6) is 0.124. The Balaban J connectivity index is 1.84. The van der Waals surface area contributed by atoms with Crippen molar-refractivity contribution < 1.29 is 9.59 Å². The van der Waals surface area contributed by atoms with Gasteiger partial charge in [0.1, 0.15) is 0 Å². The normalized spacial score (nSPS) is 27.0. The number of nitrogens with two attached hydrogens (primary N) is 1. The molecule has 2 aliphatic rings. The SMILES string of the molecule is NC(=O)C1CCN(C(=O)C2CCNC2)CC1. The summed E-state index contributed by atoms with van der Waals surface area (Å²) in [4.78, 5) is 24.9. The van der Waals surface area contributed by atoms with Gasteiger partial charge in [-0.3, -0.25) is 9.59 Å². The van der Waals surface area contributed by atoms with E-state index in [2.05, 4.69) is 5.32 Å². The summed E-state index contributed by atoms with van der Waals surface area (Å²) in [6, 6.07) is 0. The van der Waals surface area contributed by atoms with Crippen molar-refractivity contribution in [2.75, 3.05) is 26.2 Å². The lowest BCUT2D eigenvalue weighted by Gasteiger charge is -2.32. The predicted octanol–water partition coefficient (Wildman–Crippen LogP) is -0.680. The van der Waals surface area contributed by atoms with Gasteiger partial charge in [-0.05, 0) is 25.8 Å². The molecule has 2 saturated heterocycles. The van der Waals surface area contributed by atoms with E-state index >= 15 is 0 Å². The van der Waals surface area contributed by atoms with Gasteiger partial charge in [-0.15, -0.1) is 0 Å². The number of nitrogens with one attached hydrogen (secondary N) is 1. The molecule has 5 heteroatoms. The molecule has 0 aromatic rings. The Morgan fingerprint density at radius 1 is 1.12 bits per heavy atom. The highest BCUT2D eigenvalue weighted by molar-refractivity contribution is 5.80. The van der Waals surface area contributed by atoms with Crippen molar-refractivity contribution in [3.8, 4) is 0 Å². The van der Waals surface area contributed by atoms with Gasteiger partial charge < -0.3 is 16.0 Å². The molecule has 0 bridgehead atoms. The summed E-state index contributed by atoms with van der Waals surface area (Å²) in [6.45, 7) is 3.11. The fourth-order valence-electron chi connectivity index (χ4n) is 2.51. The van der Waals surface area contributed by atoms with Gasteiger partial charge in [-0.25, -0.2) is 0 Å². The van der Waals surface area contributed by atoms with Crippen LogP contribution in [-0.4, -0.2) is 42.9 Å². The van der Waals surface area contributed by atoms with E-state index in [0.29, 0.717) is 13.1 Å². The van der Waals surface area contributed by atoms with Gasteiger partial charge in [-0.2, -0.15) is 0 Å². The number of carbonyl (C=O) groups excluding carboxylic acids is 2. The second kappa shape index (κ2) is 4.82. The molecule has 0 spiro atoms. The summed E-state index contributed by atoms with van der Waals surface area (Å²) in [5.41, 5.74) is 5.26. The Kier molecular flexibility index (Phi) is 3.43. The van der Waals surface area contributed by atoms with Crippen molar-refractivity contribution >= 4 is 11.8 Å². The molecule has 2 fully saturated rings. The van der Waals surface area contributed by atoms with E-state index in [4.69, 9.17) is 5.73 Å². The summed E-state index contributed by atoms with van der Waals surface area (Å²) in [7, 11) is 0. The quantitative estimate of drug-likeness (QED) is 0.654. The molecule has 1 unspecified atom stereocenters. The number of rotatable bonds is 2. The Bertz CT molecular complexity index is 279. The molecule has 2 amide bonds. The number of primary amides is 1. The van der Waals surface area contributed by atoms with Gasteiger partial charge in [0.25, 0.3) is 0 Å². The van der Waals surface area contributed by atoms with Crippen LogP contribution in [0.3, 0.4) is 0 Å². The highest BCUT2D eigenvalue weighted by Crippen LogP contribution is 2.20. The zero-order valence-electron chi connectivity index (χ0n) is 9.45. The topological polar surface area (TPSA) is 75.4 Å². The van der Waals surface area contributed by atoms with Crippen LogP contribution < -0.4 is 11.1 Å². The van der Waals surface area contributed by atoms with E-state index in [-0.39, 0.29) is 23.7 Å². The summed E-state index contributed by atoms with van der Waals surface area (Å²) >= 11 is 0. The van der Waals surface area contributed by atoms with Gasteiger partial charge in [-0.1, -0.05) is 0 Å². The minimum Gasteiger partial charge on any atom is -0.369 e. The van der Waals surface area contributed by atoms with E-state index in [1.54, 1.807) is 0 Å². The van der Waals surface area contributed by atoms with Crippen LogP contribution in [0.1, 0.15) is 19.3 Å². The maximum atomic E-state index is 12.0. The van der Waals surface area contributed by atoms with E-state index in [1.807, 2.05) is 4.90 Å². The van der Waals surface area contributed by atoms with Gasteiger partial charge in [0.15, 0.2) is 0 Å². The van der Waals surface area contributed by atoms with E-state index in [0.717, 1.165) is 32.4 Å². The first-order valence-corrected chi connectivity index (χ1v) is 5.97. The third kappa shape index (κ3) is 2.35. The first-order valence-electron chi connectivity index (χ1n) is 5.97. The molecule has 0 radical (unpaired) electrons. The number of likely N-dealkylation sites (tertiary alicyclic amines) is 1. The molecule has 3 N–H and O–H groups in total. The fraction of sp³-hybridized carbons (Fsp3) is 0.818. The van der Waals surface area contributed by atoms with Crippen molar-refractivity contribution in [2.45, 2.75) is 19.3 Å². The third-order valence-corrected chi connectivity index (χ3v) is 3.62. The number of hydrogen-bond acceptors (Lipinski definition) is 3. The van der Waals surface area contributed by atoms with E-state index in [9.17, 15) is 9.59 Å². The summed E-state index contributed by atoms with van der Waals surface area (Å²) in [6.07, 6.45) is 2.39.